The fourth-order valence-corrected chi connectivity index (χ4v) is 1.96. The number of rotatable bonds is 5. The van der Waals surface area contributed by atoms with Crippen molar-refractivity contribution in [2.45, 2.75) is 12.6 Å². The summed E-state index contributed by atoms with van der Waals surface area (Å²) < 4.78 is 2.21. The van der Waals surface area contributed by atoms with Crippen molar-refractivity contribution in [3.63, 3.8) is 0 Å². The predicted octanol–water partition coefficient (Wildman–Crippen LogP) is 1.49. The fraction of sp³-hybridized carbons (Fsp3) is 0.357. The summed E-state index contributed by atoms with van der Waals surface area (Å²) in [5.74, 6) is 0. The van der Waals surface area contributed by atoms with Gasteiger partial charge in [-0.2, -0.15) is 0 Å². The number of hydrogen-bond acceptors (Lipinski definition) is 3. The standard InChI is InChI=1S/C14H20N4/c1-17(2)10-11-18-9-3-4-13(18)14(15)12-5-7-16-8-6-12/h3-9,14H,10-11,15H2,1-2H3. The van der Waals surface area contributed by atoms with Crippen LogP contribution in [0.3, 0.4) is 0 Å². The molecule has 2 heterocycles. The van der Waals surface area contributed by atoms with Crippen LogP contribution in [0.25, 0.3) is 0 Å². The SMILES string of the molecule is CN(C)CCn1cccc1C(N)c1ccncc1. The van der Waals surface area contributed by atoms with E-state index < -0.39 is 0 Å². The monoisotopic (exact) mass is 244 g/mol. The summed E-state index contributed by atoms with van der Waals surface area (Å²) in [6.45, 7) is 1.96. The average Bonchev–Trinajstić information content (AvgIpc) is 2.85. The van der Waals surface area contributed by atoms with Crippen LogP contribution in [-0.2, 0) is 6.54 Å². The molecule has 4 heteroatoms. The second-order valence-corrected chi connectivity index (χ2v) is 4.69. The number of likely N-dealkylation sites (N-methyl/N-ethyl adjacent to an activating group) is 1. The molecule has 0 aliphatic heterocycles. The largest absolute Gasteiger partial charge is 0.348 e. The summed E-state index contributed by atoms with van der Waals surface area (Å²) in [6, 6.07) is 7.97. The topological polar surface area (TPSA) is 47.1 Å². The first kappa shape index (κ1) is 12.8. The molecule has 0 saturated heterocycles. The van der Waals surface area contributed by atoms with Gasteiger partial charge in [0.1, 0.15) is 0 Å². The molecule has 0 spiro atoms. The maximum atomic E-state index is 6.31. The molecule has 0 amide bonds. The molecular formula is C14H20N4. The summed E-state index contributed by atoms with van der Waals surface area (Å²) in [6.07, 6.45) is 5.64. The first-order chi connectivity index (χ1) is 8.68. The lowest BCUT2D eigenvalue weighted by atomic mass is 10.1. The minimum Gasteiger partial charge on any atom is -0.348 e. The summed E-state index contributed by atoms with van der Waals surface area (Å²) in [5.41, 5.74) is 8.54. The van der Waals surface area contributed by atoms with Gasteiger partial charge in [0, 0.05) is 37.4 Å². The van der Waals surface area contributed by atoms with E-state index in [0.717, 1.165) is 24.3 Å². The summed E-state index contributed by atoms with van der Waals surface area (Å²) >= 11 is 0. The third-order valence-electron chi connectivity index (χ3n) is 3.04. The van der Waals surface area contributed by atoms with E-state index >= 15 is 0 Å². The van der Waals surface area contributed by atoms with Crippen molar-refractivity contribution in [2.24, 2.45) is 5.73 Å². The molecule has 0 aliphatic rings. The molecule has 0 saturated carbocycles. The molecule has 0 radical (unpaired) electrons. The maximum absolute atomic E-state index is 6.31. The highest BCUT2D eigenvalue weighted by atomic mass is 15.1. The molecule has 18 heavy (non-hydrogen) atoms. The Morgan fingerprint density at radius 1 is 1.28 bits per heavy atom. The molecule has 2 aromatic heterocycles. The number of aromatic nitrogens is 2. The van der Waals surface area contributed by atoms with Crippen molar-refractivity contribution in [3.8, 4) is 0 Å². The fourth-order valence-electron chi connectivity index (χ4n) is 1.96. The third kappa shape index (κ3) is 2.97. The first-order valence-corrected chi connectivity index (χ1v) is 6.14. The number of nitrogens with two attached hydrogens (primary N) is 1. The van der Waals surface area contributed by atoms with E-state index in [2.05, 4.69) is 40.8 Å². The number of nitrogens with zero attached hydrogens (tertiary/aromatic N) is 3. The van der Waals surface area contributed by atoms with E-state index in [-0.39, 0.29) is 6.04 Å². The van der Waals surface area contributed by atoms with Crippen LogP contribution in [0.2, 0.25) is 0 Å². The highest BCUT2D eigenvalue weighted by Crippen LogP contribution is 2.19. The zero-order valence-electron chi connectivity index (χ0n) is 11.0. The molecule has 1 atom stereocenters. The van der Waals surface area contributed by atoms with E-state index in [1.54, 1.807) is 12.4 Å². The van der Waals surface area contributed by atoms with Gasteiger partial charge in [-0.15, -0.1) is 0 Å². The van der Waals surface area contributed by atoms with E-state index in [0.29, 0.717) is 0 Å². The first-order valence-electron chi connectivity index (χ1n) is 6.14. The van der Waals surface area contributed by atoms with E-state index in [1.165, 1.54) is 0 Å². The Hall–Kier alpha value is -1.65. The van der Waals surface area contributed by atoms with E-state index in [1.807, 2.05) is 18.2 Å². The van der Waals surface area contributed by atoms with Crippen LogP contribution in [0.15, 0.2) is 42.9 Å². The molecular weight excluding hydrogens is 224 g/mol. The smallest absolute Gasteiger partial charge is 0.0707 e. The van der Waals surface area contributed by atoms with Crippen LogP contribution in [0, 0.1) is 0 Å². The molecule has 4 nitrogen and oxygen atoms in total. The Morgan fingerprint density at radius 2 is 2.00 bits per heavy atom. The molecule has 0 fully saturated rings. The maximum Gasteiger partial charge on any atom is 0.0707 e. The Morgan fingerprint density at radius 3 is 2.67 bits per heavy atom. The van der Waals surface area contributed by atoms with Crippen LogP contribution in [-0.4, -0.2) is 35.1 Å². The minimum absolute atomic E-state index is 0.0924. The van der Waals surface area contributed by atoms with Crippen LogP contribution in [0.5, 0.6) is 0 Å². The van der Waals surface area contributed by atoms with E-state index in [4.69, 9.17) is 5.73 Å². The molecule has 96 valence electrons. The quantitative estimate of drug-likeness (QED) is 0.867. The number of pyridine rings is 1. The predicted molar refractivity (Wildman–Crippen MR) is 73.3 cm³/mol. The van der Waals surface area contributed by atoms with Gasteiger partial charge in [-0.05, 0) is 43.9 Å². The van der Waals surface area contributed by atoms with Crippen molar-refractivity contribution in [1.29, 1.82) is 0 Å². The number of hydrogen-bond donors (Lipinski definition) is 1. The second kappa shape index (κ2) is 5.80. The zero-order chi connectivity index (χ0) is 13.0. The van der Waals surface area contributed by atoms with Gasteiger partial charge in [0.2, 0.25) is 0 Å². The average molecular weight is 244 g/mol. The van der Waals surface area contributed by atoms with Crippen molar-refractivity contribution in [3.05, 3.63) is 54.1 Å². The van der Waals surface area contributed by atoms with Gasteiger partial charge in [-0.3, -0.25) is 4.98 Å². The molecule has 0 bridgehead atoms. The Balaban J connectivity index is 2.16. The van der Waals surface area contributed by atoms with Gasteiger partial charge in [0.25, 0.3) is 0 Å². The van der Waals surface area contributed by atoms with Gasteiger partial charge in [-0.1, -0.05) is 0 Å². The highest BCUT2D eigenvalue weighted by molar-refractivity contribution is 5.26. The molecule has 2 N–H and O–H groups in total. The van der Waals surface area contributed by atoms with E-state index in [9.17, 15) is 0 Å². The molecule has 2 aromatic rings. The van der Waals surface area contributed by atoms with Gasteiger partial charge >= 0.3 is 0 Å². The normalized spacial score (nSPS) is 12.9. The molecule has 0 aromatic carbocycles. The second-order valence-electron chi connectivity index (χ2n) is 4.69. The lowest BCUT2D eigenvalue weighted by Crippen LogP contribution is -2.22. The van der Waals surface area contributed by atoms with Crippen molar-refractivity contribution in [1.82, 2.24) is 14.5 Å². The van der Waals surface area contributed by atoms with Crippen molar-refractivity contribution < 1.29 is 0 Å². The van der Waals surface area contributed by atoms with Crippen LogP contribution in [0.1, 0.15) is 17.3 Å². The van der Waals surface area contributed by atoms with Crippen LogP contribution in [0.4, 0.5) is 0 Å². The Labute approximate surface area is 108 Å². The minimum atomic E-state index is -0.0924. The zero-order valence-corrected chi connectivity index (χ0v) is 11.0. The summed E-state index contributed by atoms with van der Waals surface area (Å²) in [5, 5.41) is 0. The van der Waals surface area contributed by atoms with Gasteiger partial charge in [0.05, 0.1) is 6.04 Å². The van der Waals surface area contributed by atoms with Crippen molar-refractivity contribution in [2.75, 3.05) is 20.6 Å². The van der Waals surface area contributed by atoms with Gasteiger partial charge in [0.15, 0.2) is 0 Å². The summed E-state index contributed by atoms with van der Waals surface area (Å²) in [4.78, 5) is 6.19. The van der Waals surface area contributed by atoms with Crippen LogP contribution >= 0.6 is 0 Å². The van der Waals surface area contributed by atoms with Crippen LogP contribution < -0.4 is 5.73 Å². The van der Waals surface area contributed by atoms with Gasteiger partial charge < -0.3 is 15.2 Å². The lowest BCUT2D eigenvalue weighted by molar-refractivity contribution is 0.380. The third-order valence-corrected chi connectivity index (χ3v) is 3.04. The lowest BCUT2D eigenvalue weighted by Gasteiger charge is -2.17. The Bertz CT molecular complexity index is 476. The molecule has 2 rings (SSSR count). The van der Waals surface area contributed by atoms with Crippen molar-refractivity contribution >= 4 is 0 Å². The molecule has 0 aliphatic carbocycles. The van der Waals surface area contributed by atoms with Gasteiger partial charge in [-0.25, -0.2) is 0 Å². The Kier molecular flexibility index (Phi) is 4.12. The highest BCUT2D eigenvalue weighted by Gasteiger charge is 2.12. The summed E-state index contributed by atoms with van der Waals surface area (Å²) in [7, 11) is 4.15. The molecule has 1 unspecified atom stereocenters.